The van der Waals surface area contributed by atoms with Crippen molar-refractivity contribution >= 4 is 38.9 Å². The van der Waals surface area contributed by atoms with Gasteiger partial charge < -0.3 is 10.2 Å². The number of benzene rings is 1. The van der Waals surface area contributed by atoms with Gasteiger partial charge in [0, 0.05) is 30.9 Å². The minimum atomic E-state index is -0.493. The Morgan fingerprint density at radius 1 is 1.27 bits per heavy atom. The second-order valence-electron chi connectivity index (χ2n) is 6.02. The maximum absolute atomic E-state index is 12.6. The lowest BCUT2D eigenvalue weighted by molar-refractivity contribution is 0.0948. The van der Waals surface area contributed by atoms with Gasteiger partial charge in [-0.05, 0) is 24.5 Å². The van der Waals surface area contributed by atoms with Gasteiger partial charge in [-0.3, -0.25) is 9.59 Å². The Morgan fingerprint density at radius 2 is 2.04 bits per heavy atom. The molecule has 3 aromatic rings. The molecule has 0 radical (unpaired) electrons. The van der Waals surface area contributed by atoms with Crippen LogP contribution in [0.1, 0.15) is 28.8 Å². The first kappa shape index (κ1) is 17.0. The number of anilines is 1. The van der Waals surface area contributed by atoms with Gasteiger partial charge in [-0.15, -0.1) is 5.10 Å². The van der Waals surface area contributed by atoms with Gasteiger partial charge in [0.1, 0.15) is 5.56 Å². The molecule has 1 aromatic carbocycles. The number of nitrogens with one attached hydrogen (secondary N) is 1. The Hall–Kier alpha value is -2.45. The van der Waals surface area contributed by atoms with Gasteiger partial charge in [0.25, 0.3) is 11.5 Å². The molecule has 0 saturated carbocycles. The van der Waals surface area contributed by atoms with E-state index in [1.54, 1.807) is 6.07 Å². The lowest BCUT2D eigenvalue weighted by atomic mass is 10.2. The molecular formula is C17H16ClN5O2S. The fourth-order valence-electron chi connectivity index (χ4n) is 2.88. The molecule has 2 aromatic heterocycles. The van der Waals surface area contributed by atoms with E-state index in [0.717, 1.165) is 36.6 Å². The highest BCUT2D eigenvalue weighted by atomic mass is 35.5. The van der Waals surface area contributed by atoms with Crippen LogP contribution in [-0.2, 0) is 6.54 Å². The van der Waals surface area contributed by atoms with Crippen molar-refractivity contribution in [2.45, 2.75) is 19.4 Å². The molecule has 9 heteroatoms. The molecule has 3 heterocycles. The Morgan fingerprint density at radius 3 is 2.81 bits per heavy atom. The van der Waals surface area contributed by atoms with Crippen LogP contribution in [0.25, 0.3) is 4.96 Å². The van der Waals surface area contributed by atoms with E-state index in [1.807, 2.05) is 18.2 Å². The summed E-state index contributed by atoms with van der Waals surface area (Å²) in [5.41, 5.74) is 0.280. The predicted octanol–water partition coefficient (Wildman–Crippen LogP) is 2.33. The van der Waals surface area contributed by atoms with Crippen molar-refractivity contribution in [3.8, 4) is 0 Å². The van der Waals surface area contributed by atoms with Crippen LogP contribution in [0.5, 0.6) is 0 Å². The van der Waals surface area contributed by atoms with Crippen LogP contribution in [-0.4, -0.2) is 33.6 Å². The quantitative estimate of drug-likeness (QED) is 0.740. The molecule has 1 N–H and O–H groups in total. The van der Waals surface area contributed by atoms with Crippen LogP contribution in [0.2, 0.25) is 5.02 Å². The molecule has 1 aliphatic rings. The summed E-state index contributed by atoms with van der Waals surface area (Å²) in [6.07, 6.45) is 3.55. The number of aromatic nitrogens is 3. The largest absolute Gasteiger partial charge is 0.348 e. The minimum absolute atomic E-state index is 0.0344. The average molecular weight is 390 g/mol. The van der Waals surface area contributed by atoms with E-state index >= 15 is 0 Å². The van der Waals surface area contributed by atoms with E-state index in [-0.39, 0.29) is 12.1 Å². The molecule has 0 unspecified atom stereocenters. The van der Waals surface area contributed by atoms with Crippen molar-refractivity contribution < 1.29 is 4.79 Å². The number of nitrogens with zero attached hydrogens (tertiary/aromatic N) is 4. The molecule has 0 bridgehead atoms. The standard InChI is InChI=1S/C17H16ClN5O2S/c18-13-6-2-1-5-11(13)9-19-14(24)12-10-20-16-23(15(12)25)21-17(26-16)22-7-3-4-8-22/h1-2,5-6,10H,3-4,7-9H2,(H,19,24). The third-order valence-electron chi connectivity index (χ3n) is 4.29. The predicted molar refractivity (Wildman–Crippen MR) is 101 cm³/mol. The molecule has 26 heavy (non-hydrogen) atoms. The SMILES string of the molecule is O=C(NCc1ccccc1Cl)c1cnc2sc(N3CCCC3)nn2c1=O. The van der Waals surface area contributed by atoms with Crippen LogP contribution >= 0.6 is 22.9 Å². The Labute approximate surface area is 158 Å². The second kappa shape index (κ2) is 7.05. The Balaban J connectivity index is 1.58. The van der Waals surface area contributed by atoms with E-state index in [2.05, 4.69) is 20.3 Å². The number of rotatable bonds is 4. The highest BCUT2D eigenvalue weighted by molar-refractivity contribution is 7.20. The van der Waals surface area contributed by atoms with E-state index in [1.165, 1.54) is 22.0 Å². The monoisotopic (exact) mass is 389 g/mol. The fourth-order valence-corrected chi connectivity index (χ4v) is 4.00. The normalized spacial score (nSPS) is 14.1. The zero-order valence-electron chi connectivity index (χ0n) is 13.8. The minimum Gasteiger partial charge on any atom is -0.348 e. The molecule has 0 atom stereocenters. The summed E-state index contributed by atoms with van der Waals surface area (Å²) in [6, 6.07) is 7.23. The van der Waals surface area contributed by atoms with Gasteiger partial charge in [-0.25, -0.2) is 4.98 Å². The molecule has 0 spiro atoms. The Bertz CT molecular complexity index is 1030. The maximum Gasteiger partial charge on any atom is 0.288 e. The first-order valence-corrected chi connectivity index (χ1v) is 9.48. The average Bonchev–Trinajstić information content (AvgIpc) is 3.30. The van der Waals surface area contributed by atoms with E-state index in [4.69, 9.17) is 11.6 Å². The van der Waals surface area contributed by atoms with Gasteiger partial charge in [0.05, 0.1) is 0 Å². The highest BCUT2D eigenvalue weighted by Crippen LogP contribution is 2.24. The number of carbonyl (C=O) groups is 1. The zero-order valence-corrected chi connectivity index (χ0v) is 15.4. The van der Waals surface area contributed by atoms with Gasteiger partial charge >= 0.3 is 0 Å². The van der Waals surface area contributed by atoms with Gasteiger partial charge in [-0.2, -0.15) is 4.52 Å². The van der Waals surface area contributed by atoms with Crippen LogP contribution in [0.4, 0.5) is 5.13 Å². The lowest BCUT2D eigenvalue weighted by Gasteiger charge is -2.10. The number of halogens is 1. The second-order valence-corrected chi connectivity index (χ2v) is 7.37. The summed E-state index contributed by atoms with van der Waals surface area (Å²) in [5, 5.41) is 8.39. The number of fused-ring (bicyclic) bond motifs is 1. The molecule has 134 valence electrons. The van der Waals surface area contributed by atoms with E-state index < -0.39 is 11.5 Å². The van der Waals surface area contributed by atoms with Crippen molar-refractivity contribution in [2.24, 2.45) is 0 Å². The van der Waals surface area contributed by atoms with Crippen LogP contribution in [0, 0.1) is 0 Å². The molecule has 1 saturated heterocycles. The van der Waals surface area contributed by atoms with Gasteiger partial charge in [0.15, 0.2) is 0 Å². The first-order chi connectivity index (χ1) is 12.6. The summed E-state index contributed by atoms with van der Waals surface area (Å²) in [5.74, 6) is -0.493. The highest BCUT2D eigenvalue weighted by Gasteiger charge is 2.20. The van der Waals surface area contributed by atoms with Crippen molar-refractivity contribution in [1.29, 1.82) is 0 Å². The lowest BCUT2D eigenvalue weighted by Crippen LogP contribution is -2.31. The number of carbonyl (C=O) groups excluding carboxylic acids is 1. The molecular weight excluding hydrogens is 374 g/mol. The van der Waals surface area contributed by atoms with Crippen LogP contribution in [0.15, 0.2) is 35.3 Å². The van der Waals surface area contributed by atoms with E-state index in [9.17, 15) is 9.59 Å². The van der Waals surface area contributed by atoms with Crippen LogP contribution < -0.4 is 15.8 Å². The van der Waals surface area contributed by atoms with Gasteiger partial charge in [-0.1, -0.05) is 41.1 Å². The molecule has 1 fully saturated rings. The van der Waals surface area contributed by atoms with E-state index in [0.29, 0.717) is 9.98 Å². The van der Waals surface area contributed by atoms with Crippen molar-refractivity contribution in [3.05, 3.63) is 57.0 Å². The maximum atomic E-state index is 12.6. The summed E-state index contributed by atoms with van der Waals surface area (Å²) in [4.78, 5) is 31.9. The van der Waals surface area contributed by atoms with Crippen molar-refractivity contribution in [1.82, 2.24) is 19.9 Å². The Kier molecular flexibility index (Phi) is 4.60. The molecule has 7 nitrogen and oxygen atoms in total. The number of hydrogen-bond donors (Lipinski definition) is 1. The summed E-state index contributed by atoms with van der Waals surface area (Å²) < 4.78 is 1.21. The topological polar surface area (TPSA) is 79.6 Å². The zero-order chi connectivity index (χ0) is 18.1. The molecule has 1 aliphatic heterocycles. The summed E-state index contributed by atoms with van der Waals surface area (Å²) in [7, 11) is 0. The molecule has 1 amide bonds. The number of hydrogen-bond acceptors (Lipinski definition) is 6. The van der Waals surface area contributed by atoms with Gasteiger partial charge in [0.2, 0.25) is 10.1 Å². The fraction of sp³-hybridized carbons (Fsp3) is 0.294. The van der Waals surface area contributed by atoms with Crippen molar-refractivity contribution in [2.75, 3.05) is 18.0 Å². The smallest absolute Gasteiger partial charge is 0.288 e. The summed E-state index contributed by atoms with van der Waals surface area (Å²) in [6.45, 7) is 2.09. The number of amides is 1. The first-order valence-electron chi connectivity index (χ1n) is 8.29. The van der Waals surface area contributed by atoms with Crippen molar-refractivity contribution in [3.63, 3.8) is 0 Å². The molecule has 0 aliphatic carbocycles. The third kappa shape index (κ3) is 3.17. The molecule has 4 rings (SSSR count). The van der Waals surface area contributed by atoms with Crippen LogP contribution in [0.3, 0.4) is 0 Å². The third-order valence-corrected chi connectivity index (χ3v) is 5.65. The summed E-state index contributed by atoms with van der Waals surface area (Å²) >= 11 is 7.44.